The van der Waals surface area contributed by atoms with Crippen molar-refractivity contribution in [1.82, 2.24) is 19.5 Å². The molecule has 1 N–H and O–H groups in total. The Kier molecular flexibility index (Phi) is 7.59. The minimum atomic E-state index is 0.229. The number of carbonyl (C=O) groups excluding carboxylic acids is 1. The van der Waals surface area contributed by atoms with Gasteiger partial charge in [-0.3, -0.25) is 4.79 Å². The van der Waals surface area contributed by atoms with Gasteiger partial charge in [-0.1, -0.05) is 39.5 Å². The highest BCUT2D eigenvalue weighted by atomic mass is 16.1. The Hall–Kier alpha value is -2.18. The molecule has 1 aliphatic heterocycles. The zero-order valence-corrected chi connectivity index (χ0v) is 22.0. The fourth-order valence-corrected chi connectivity index (χ4v) is 6.54. The number of aldehydes is 1. The van der Waals surface area contributed by atoms with Gasteiger partial charge in [0.1, 0.15) is 5.52 Å². The number of hydrogen-bond donors (Lipinski definition) is 1. The molecule has 1 saturated heterocycles. The zero-order valence-electron chi connectivity index (χ0n) is 22.0. The van der Waals surface area contributed by atoms with Crippen LogP contribution in [-0.4, -0.2) is 44.4 Å². The molecule has 3 heterocycles. The topological polar surface area (TPSA) is 75.9 Å². The third kappa shape index (κ3) is 5.34. The SMILES string of the molecule is CC(C)CC1CCCCN1c1nc2nc(C=O)nc(N[C@H](C)C3CCC3)c2n1CC1CCCCC1. The van der Waals surface area contributed by atoms with Crippen molar-refractivity contribution in [3.63, 3.8) is 0 Å². The van der Waals surface area contributed by atoms with Crippen LogP contribution in [-0.2, 0) is 6.54 Å². The van der Waals surface area contributed by atoms with Crippen LogP contribution >= 0.6 is 0 Å². The van der Waals surface area contributed by atoms with Crippen LogP contribution < -0.4 is 10.2 Å². The monoisotopic (exact) mass is 480 g/mol. The van der Waals surface area contributed by atoms with Gasteiger partial charge in [0.25, 0.3) is 0 Å². The lowest BCUT2D eigenvalue weighted by Gasteiger charge is -2.38. The van der Waals surface area contributed by atoms with Gasteiger partial charge in [0.15, 0.2) is 23.6 Å². The van der Waals surface area contributed by atoms with Crippen molar-refractivity contribution in [2.75, 3.05) is 16.8 Å². The lowest BCUT2D eigenvalue weighted by Crippen LogP contribution is -2.42. The number of anilines is 2. The van der Waals surface area contributed by atoms with E-state index in [0.29, 0.717) is 35.5 Å². The molecular formula is C28H44N6O. The van der Waals surface area contributed by atoms with Gasteiger partial charge in [-0.25, -0.2) is 9.97 Å². The second-order valence-corrected chi connectivity index (χ2v) is 11.8. The maximum absolute atomic E-state index is 11.8. The van der Waals surface area contributed by atoms with Crippen molar-refractivity contribution < 1.29 is 4.79 Å². The number of aromatic nitrogens is 4. The summed E-state index contributed by atoms with van der Waals surface area (Å²) in [4.78, 5) is 28.8. The molecule has 7 nitrogen and oxygen atoms in total. The number of nitrogens with zero attached hydrogens (tertiary/aromatic N) is 5. The quantitative estimate of drug-likeness (QED) is 0.429. The van der Waals surface area contributed by atoms with E-state index in [1.54, 1.807) is 0 Å². The van der Waals surface area contributed by atoms with Crippen LogP contribution in [0, 0.1) is 17.8 Å². The Labute approximate surface area is 210 Å². The minimum Gasteiger partial charge on any atom is -0.365 e. The molecule has 0 bridgehead atoms. The Morgan fingerprint density at radius 2 is 1.71 bits per heavy atom. The number of piperidine rings is 1. The predicted molar refractivity (Wildman–Crippen MR) is 142 cm³/mol. The number of rotatable bonds is 9. The molecule has 2 aromatic rings. The van der Waals surface area contributed by atoms with Gasteiger partial charge in [0.05, 0.1) is 0 Å². The first-order chi connectivity index (χ1) is 17.0. The van der Waals surface area contributed by atoms with Crippen molar-refractivity contribution in [1.29, 1.82) is 0 Å². The molecule has 3 fully saturated rings. The standard InChI is InChI=1S/C28H44N6O/c1-19(2)16-23-14-7-8-15-33(23)28-32-27-25(34(28)17-21-10-5-4-6-11-21)26(30-24(18-35)31-27)29-20(3)22-12-9-13-22/h18-23H,4-17H2,1-3H3,(H,29,30,31)/t20-,23?/m1/s1. The maximum atomic E-state index is 11.8. The summed E-state index contributed by atoms with van der Waals surface area (Å²) >= 11 is 0. The van der Waals surface area contributed by atoms with Crippen molar-refractivity contribution in [3.05, 3.63) is 5.82 Å². The van der Waals surface area contributed by atoms with Gasteiger partial charge in [-0.15, -0.1) is 0 Å². The normalized spacial score (nSPS) is 23.0. The average molecular weight is 481 g/mol. The molecule has 2 aromatic heterocycles. The van der Waals surface area contributed by atoms with Gasteiger partial charge < -0.3 is 14.8 Å². The van der Waals surface area contributed by atoms with E-state index in [-0.39, 0.29) is 5.82 Å². The highest BCUT2D eigenvalue weighted by molar-refractivity contribution is 5.88. The fraction of sp³-hybridized carbons (Fsp3) is 0.786. The molecule has 2 atom stereocenters. The summed E-state index contributed by atoms with van der Waals surface area (Å²) in [6, 6.07) is 0.834. The fourth-order valence-electron chi connectivity index (χ4n) is 6.54. The molecule has 7 heteroatoms. The summed E-state index contributed by atoms with van der Waals surface area (Å²) in [6.45, 7) is 8.91. The first kappa shape index (κ1) is 24.5. The maximum Gasteiger partial charge on any atom is 0.208 e. The molecule has 0 aromatic carbocycles. The van der Waals surface area contributed by atoms with Crippen LogP contribution in [0.4, 0.5) is 11.8 Å². The number of fused-ring (bicyclic) bond motifs is 1. The Balaban J connectivity index is 1.59. The van der Waals surface area contributed by atoms with E-state index >= 15 is 0 Å². The highest BCUT2D eigenvalue weighted by Crippen LogP contribution is 2.37. The molecule has 5 rings (SSSR count). The largest absolute Gasteiger partial charge is 0.365 e. The molecule has 192 valence electrons. The minimum absolute atomic E-state index is 0.229. The van der Waals surface area contributed by atoms with E-state index < -0.39 is 0 Å². The van der Waals surface area contributed by atoms with Crippen molar-refractivity contribution in [2.45, 2.75) is 116 Å². The number of carbonyl (C=O) groups is 1. The third-order valence-corrected chi connectivity index (χ3v) is 8.72. The van der Waals surface area contributed by atoms with Gasteiger partial charge in [0, 0.05) is 25.2 Å². The van der Waals surface area contributed by atoms with E-state index in [1.807, 2.05) is 0 Å². The second-order valence-electron chi connectivity index (χ2n) is 11.8. The van der Waals surface area contributed by atoms with Crippen molar-refractivity contribution >= 4 is 29.2 Å². The molecular weight excluding hydrogens is 436 g/mol. The molecule has 3 aliphatic rings. The average Bonchev–Trinajstić information content (AvgIpc) is 3.16. The molecule has 1 unspecified atom stereocenters. The molecule has 0 radical (unpaired) electrons. The molecule has 2 saturated carbocycles. The van der Waals surface area contributed by atoms with Crippen molar-refractivity contribution in [2.24, 2.45) is 17.8 Å². The van der Waals surface area contributed by atoms with Crippen LogP contribution in [0.2, 0.25) is 0 Å². The number of imidazole rings is 1. The summed E-state index contributed by atoms with van der Waals surface area (Å²) in [6.07, 6.45) is 16.1. The molecule has 35 heavy (non-hydrogen) atoms. The summed E-state index contributed by atoms with van der Waals surface area (Å²) in [5.41, 5.74) is 1.67. The van der Waals surface area contributed by atoms with Crippen molar-refractivity contribution in [3.8, 4) is 0 Å². The summed E-state index contributed by atoms with van der Waals surface area (Å²) < 4.78 is 2.44. The lowest BCUT2D eigenvalue weighted by molar-refractivity contribution is 0.111. The molecule has 0 amide bonds. The molecule has 0 spiro atoms. The van der Waals surface area contributed by atoms with E-state index in [0.717, 1.165) is 36.7 Å². The first-order valence-corrected chi connectivity index (χ1v) is 14.3. The van der Waals surface area contributed by atoms with Gasteiger partial charge in [-0.05, 0) is 76.0 Å². The molecule has 2 aliphatic carbocycles. The second kappa shape index (κ2) is 10.8. The van der Waals surface area contributed by atoms with Crippen LogP contribution in [0.15, 0.2) is 0 Å². The van der Waals surface area contributed by atoms with E-state index in [1.165, 1.54) is 77.0 Å². The first-order valence-electron chi connectivity index (χ1n) is 14.3. The number of hydrogen-bond acceptors (Lipinski definition) is 6. The van der Waals surface area contributed by atoms with Gasteiger partial charge in [-0.2, -0.15) is 4.98 Å². The van der Waals surface area contributed by atoms with Gasteiger partial charge in [0.2, 0.25) is 5.95 Å². The predicted octanol–water partition coefficient (Wildman–Crippen LogP) is 6.22. The van der Waals surface area contributed by atoms with E-state index in [2.05, 4.69) is 40.5 Å². The zero-order chi connectivity index (χ0) is 24.4. The van der Waals surface area contributed by atoms with Crippen LogP contribution in [0.25, 0.3) is 11.2 Å². The Bertz CT molecular complexity index is 1010. The van der Waals surface area contributed by atoms with Crippen LogP contribution in [0.3, 0.4) is 0 Å². The van der Waals surface area contributed by atoms with Crippen LogP contribution in [0.5, 0.6) is 0 Å². The summed E-state index contributed by atoms with van der Waals surface area (Å²) in [5, 5.41) is 3.71. The Morgan fingerprint density at radius 1 is 0.943 bits per heavy atom. The summed E-state index contributed by atoms with van der Waals surface area (Å²) in [5.74, 6) is 4.06. The smallest absolute Gasteiger partial charge is 0.208 e. The number of nitrogens with one attached hydrogen (secondary N) is 1. The Morgan fingerprint density at radius 3 is 2.40 bits per heavy atom. The van der Waals surface area contributed by atoms with E-state index in [9.17, 15) is 4.79 Å². The lowest BCUT2D eigenvalue weighted by atomic mass is 9.80. The third-order valence-electron chi connectivity index (χ3n) is 8.72. The highest BCUT2D eigenvalue weighted by Gasteiger charge is 2.31. The van der Waals surface area contributed by atoms with Gasteiger partial charge >= 0.3 is 0 Å². The summed E-state index contributed by atoms with van der Waals surface area (Å²) in [7, 11) is 0. The van der Waals surface area contributed by atoms with Crippen LogP contribution in [0.1, 0.15) is 108 Å². The van der Waals surface area contributed by atoms with E-state index in [4.69, 9.17) is 9.97 Å².